The molecule has 0 atom stereocenters. The van der Waals surface area contributed by atoms with E-state index in [1.165, 1.54) is 7.11 Å². The van der Waals surface area contributed by atoms with E-state index in [1.807, 2.05) is 59.4 Å². The van der Waals surface area contributed by atoms with Gasteiger partial charge in [-0.1, -0.05) is 18.2 Å². The van der Waals surface area contributed by atoms with E-state index >= 15 is 0 Å². The molecule has 2 aromatic carbocycles. The summed E-state index contributed by atoms with van der Waals surface area (Å²) in [4.78, 5) is 18.4. The lowest BCUT2D eigenvalue weighted by molar-refractivity contribution is 0.0600. The van der Waals surface area contributed by atoms with Gasteiger partial charge in [0.05, 0.1) is 43.3 Å². The van der Waals surface area contributed by atoms with Crippen molar-refractivity contribution < 1.29 is 19.0 Å². The van der Waals surface area contributed by atoms with Gasteiger partial charge in [-0.15, -0.1) is 0 Å². The highest BCUT2D eigenvalue weighted by Gasteiger charge is 2.29. The number of pyridine rings is 1. The molecular formula is C28H27N3O4. The first-order valence-corrected chi connectivity index (χ1v) is 11.5. The molecule has 0 unspecified atom stereocenters. The molecule has 1 saturated heterocycles. The largest absolute Gasteiger partial charge is 0.487 e. The lowest BCUT2D eigenvalue weighted by atomic mass is 10.1. The second-order valence-corrected chi connectivity index (χ2v) is 8.50. The van der Waals surface area contributed by atoms with Crippen LogP contribution in [0, 0.1) is 6.92 Å². The Morgan fingerprint density at radius 1 is 1.06 bits per heavy atom. The summed E-state index contributed by atoms with van der Waals surface area (Å²) < 4.78 is 18.9. The molecule has 1 aliphatic rings. The number of esters is 1. The first kappa shape index (κ1) is 22.5. The summed E-state index contributed by atoms with van der Waals surface area (Å²) in [5, 5.41) is 0. The number of carbonyl (C=O) groups excluding carboxylic acids is 1. The van der Waals surface area contributed by atoms with Crippen molar-refractivity contribution in [2.45, 2.75) is 19.6 Å². The van der Waals surface area contributed by atoms with E-state index in [1.54, 1.807) is 18.5 Å². The molecule has 0 aliphatic carbocycles. The van der Waals surface area contributed by atoms with Gasteiger partial charge in [0, 0.05) is 18.6 Å². The van der Waals surface area contributed by atoms with Crippen LogP contribution in [-0.2, 0) is 11.3 Å². The van der Waals surface area contributed by atoms with Crippen molar-refractivity contribution >= 4 is 11.7 Å². The number of nitrogens with zero attached hydrogens (tertiary/aromatic N) is 3. The average Bonchev–Trinajstić information content (AvgIpc) is 3.35. The maximum Gasteiger partial charge on any atom is 0.339 e. The minimum absolute atomic E-state index is 0.123. The number of aromatic nitrogens is 2. The summed E-state index contributed by atoms with van der Waals surface area (Å²) in [6, 6.07) is 19.3. The number of methoxy groups -OCH3 is 1. The summed E-state index contributed by atoms with van der Waals surface area (Å²) >= 11 is 0. The molecule has 178 valence electrons. The van der Waals surface area contributed by atoms with E-state index in [9.17, 15) is 4.79 Å². The van der Waals surface area contributed by atoms with E-state index in [2.05, 4.69) is 28.9 Å². The number of hydrogen-bond acceptors (Lipinski definition) is 6. The Bertz CT molecular complexity index is 1310. The Morgan fingerprint density at radius 3 is 2.69 bits per heavy atom. The fourth-order valence-electron chi connectivity index (χ4n) is 4.12. The number of ether oxygens (including phenoxy) is 3. The molecule has 0 spiro atoms. The van der Waals surface area contributed by atoms with E-state index < -0.39 is 0 Å². The Balaban J connectivity index is 1.17. The summed E-state index contributed by atoms with van der Waals surface area (Å²) in [6.45, 7) is 4.16. The summed E-state index contributed by atoms with van der Waals surface area (Å²) in [5.74, 6) is 1.27. The zero-order valence-corrected chi connectivity index (χ0v) is 19.8. The average molecular weight is 470 g/mol. The molecule has 0 radical (unpaired) electrons. The number of rotatable bonds is 8. The van der Waals surface area contributed by atoms with Crippen LogP contribution in [-0.4, -0.2) is 41.8 Å². The fourth-order valence-corrected chi connectivity index (χ4v) is 4.12. The molecule has 2 aromatic heterocycles. The predicted molar refractivity (Wildman–Crippen MR) is 133 cm³/mol. The van der Waals surface area contributed by atoms with Gasteiger partial charge in [0.2, 0.25) is 0 Å². The third kappa shape index (κ3) is 4.99. The molecule has 3 heterocycles. The highest BCUT2D eigenvalue weighted by molar-refractivity contribution is 5.93. The normalized spacial score (nSPS) is 13.3. The van der Waals surface area contributed by atoms with E-state index in [4.69, 9.17) is 14.2 Å². The van der Waals surface area contributed by atoms with Gasteiger partial charge in [-0.05, 0) is 60.5 Å². The van der Waals surface area contributed by atoms with Gasteiger partial charge in [0.1, 0.15) is 24.2 Å². The van der Waals surface area contributed by atoms with Gasteiger partial charge >= 0.3 is 5.97 Å². The predicted octanol–water partition coefficient (Wildman–Crippen LogP) is 4.81. The molecule has 5 rings (SSSR count). The van der Waals surface area contributed by atoms with Crippen LogP contribution < -0.4 is 14.4 Å². The SMILES string of the molecule is COC(=O)c1ccccc1-n1ccc(N2CC(Oc3ccc(COc4cccnc4)c(C)c3)C2)c1. The van der Waals surface area contributed by atoms with Crippen molar-refractivity contribution in [3.05, 3.63) is 102 Å². The van der Waals surface area contributed by atoms with Crippen LogP contribution in [0.2, 0.25) is 0 Å². The van der Waals surface area contributed by atoms with E-state index in [0.717, 1.165) is 47.1 Å². The minimum Gasteiger partial charge on any atom is -0.487 e. The number of carbonyl (C=O) groups is 1. The minimum atomic E-state index is -0.349. The lowest BCUT2D eigenvalue weighted by Gasteiger charge is -2.40. The summed E-state index contributed by atoms with van der Waals surface area (Å²) in [5.41, 5.74) is 4.66. The van der Waals surface area contributed by atoms with Crippen molar-refractivity contribution in [1.82, 2.24) is 9.55 Å². The first-order valence-electron chi connectivity index (χ1n) is 11.5. The third-order valence-electron chi connectivity index (χ3n) is 6.12. The molecule has 0 bridgehead atoms. The zero-order valence-electron chi connectivity index (χ0n) is 19.8. The first-order chi connectivity index (χ1) is 17.1. The van der Waals surface area contributed by atoms with Crippen molar-refractivity contribution in [2.75, 3.05) is 25.1 Å². The van der Waals surface area contributed by atoms with Crippen molar-refractivity contribution in [2.24, 2.45) is 0 Å². The quantitative estimate of drug-likeness (QED) is 0.345. The van der Waals surface area contributed by atoms with Crippen molar-refractivity contribution in [3.63, 3.8) is 0 Å². The van der Waals surface area contributed by atoms with Crippen molar-refractivity contribution in [3.8, 4) is 17.2 Å². The van der Waals surface area contributed by atoms with Crippen LogP contribution >= 0.6 is 0 Å². The van der Waals surface area contributed by atoms with Crippen molar-refractivity contribution in [1.29, 1.82) is 0 Å². The molecule has 0 N–H and O–H groups in total. The highest BCUT2D eigenvalue weighted by Crippen LogP contribution is 2.28. The lowest BCUT2D eigenvalue weighted by Crippen LogP contribution is -2.53. The van der Waals surface area contributed by atoms with Gasteiger partial charge in [0.25, 0.3) is 0 Å². The second-order valence-electron chi connectivity index (χ2n) is 8.50. The second kappa shape index (κ2) is 9.93. The Morgan fingerprint density at radius 2 is 1.91 bits per heavy atom. The molecular weight excluding hydrogens is 442 g/mol. The summed E-state index contributed by atoms with van der Waals surface area (Å²) in [6.07, 6.45) is 7.55. The number of para-hydroxylation sites is 1. The van der Waals surface area contributed by atoms with Crippen LogP contribution in [0.3, 0.4) is 0 Å². The van der Waals surface area contributed by atoms with Crippen LogP contribution in [0.5, 0.6) is 11.5 Å². The number of hydrogen-bond donors (Lipinski definition) is 0. The molecule has 7 nitrogen and oxygen atoms in total. The van der Waals surface area contributed by atoms with Gasteiger partial charge < -0.3 is 23.7 Å². The standard InChI is InChI=1S/C28H27N3O4/c1-20-14-23(10-9-21(20)19-34-24-6-5-12-29-15-24)35-25-17-31(18-25)22-11-13-30(16-22)27-8-4-3-7-26(27)28(32)33-2/h3-16,25H,17-19H2,1-2H3. The Kier molecular flexibility index (Phi) is 6.39. The third-order valence-corrected chi connectivity index (χ3v) is 6.12. The van der Waals surface area contributed by atoms with Gasteiger partial charge in [0.15, 0.2) is 0 Å². The van der Waals surface area contributed by atoms with Crippen LogP contribution in [0.15, 0.2) is 85.5 Å². The maximum absolute atomic E-state index is 12.1. The van der Waals surface area contributed by atoms with Crippen LogP contribution in [0.1, 0.15) is 21.5 Å². The molecule has 0 saturated carbocycles. The maximum atomic E-state index is 12.1. The molecule has 1 aliphatic heterocycles. The zero-order chi connectivity index (χ0) is 24.2. The number of benzene rings is 2. The molecule has 0 amide bonds. The van der Waals surface area contributed by atoms with E-state index in [0.29, 0.717) is 12.2 Å². The highest BCUT2D eigenvalue weighted by atomic mass is 16.5. The molecule has 35 heavy (non-hydrogen) atoms. The van der Waals surface area contributed by atoms with E-state index in [-0.39, 0.29) is 12.1 Å². The summed E-state index contributed by atoms with van der Waals surface area (Å²) in [7, 11) is 1.39. The Labute approximate surface area is 204 Å². The Hall–Kier alpha value is -4.26. The van der Waals surface area contributed by atoms with Gasteiger partial charge in [-0.2, -0.15) is 0 Å². The van der Waals surface area contributed by atoms with Crippen LogP contribution in [0.25, 0.3) is 5.69 Å². The fraction of sp³-hybridized carbons (Fsp3) is 0.214. The van der Waals surface area contributed by atoms with Gasteiger partial charge in [-0.3, -0.25) is 4.98 Å². The molecule has 1 fully saturated rings. The smallest absolute Gasteiger partial charge is 0.339 e. The molecule has 7 heteroatoms. The molecule has 4 aromatic rings. The topological polar surface area (TPSA) is 65.8 Å². The monoisotopic (exact) mass is 469 g/mol. The van der Waals surface area contributed by atoms with Gasteiger partial charge in [-0.25, -0.2) is 4.79 Å². The number of aryl methyl sites for hydroxylation is 1. The van der Waals surface area contributed by atoms with Crippen LogP contribution in [0.4, 0.5) is 5.69 Å². The number of anilines is 1.